The zero-order valence-electron chi connectivity index (χ0n) is 36.5. The van der Waals surface area contributed by atoms with Gasteiger partial charge in [-0.1, -0.05) is 200 Å². The third-order valence-corrected chi connectivity index (χ3v) is 13.6. The minimum atomic E-state index is -0.0286. The SMILES string of the molecule is C1=CC2c3cc4ccccc4cc3OC2C=C1C(Cc1ccc(-c2ccc(N(c3ccc(-c4ccccc4)cc3)c3ccc4ccccc4c3)cc2)cc1)c1ccc(-c2ccccc2)cc1. The lowest BCUT2D eigenvalue weighted by Crippen LogP contribution is -2.20. The number of rotatable bonds is 10. The fraction of sp³-hybridized carbons (Fsp3) is 0.0625. The first-order valence-electron chi connectivity index (χ1n) is 23.1. The van der Waals surface area contributed by atoms with E-state index in [9.17, 15) is 0 Å². The van der Waals surface area contributed by atoms with Gasteiger partial charge in [0.1, 0.15) is 11.9 Å². The highest BCUT2D eigenvalue weighted by molar-refractivity contribution is 5.90. The van der Waals surface area contributed by atoms with Crippen LogP contribution in [-0.4, -0.2) is 6.10 Å². The molecule has 10 aromatic carbocycles. The maximum absolute atomic E-state index is 6.71. The predicted molar refractivity (Wildman–Crippen MR) is 276 cm³/mol. The van der Waals surface area contributed by atoms with Gasteiger partial charge in [0.15, 0.2) is 0 Å². The summed E-state index contributed by atoms with van der Waals surface area (Å²) in [5.41, 5.74) is 15.8. The Morgan fingerprint density at radius 2 is 0.879 bits per heavy atom. The molecule has 1 aliphatic heterocycles. The highest BCUT2D eigenvalue weighted by Gasteiger charge is 2.35. The Bertz CT molecular complexity index is 3390. The summed E-state index contributed by atoms with van der Waals surface area (Å²) in [6.07, 6.45) is 7.97. The fourth-order valence-electron chi connectivity index (χ4n) is 10.1. The number of nitrogens with zero attached hydrogens (tertiary/aromatic N) is 1. The second kappa shape index (κ2) is 17.1. The first-order chi connectivity index (χ1) is 32.7. The number of hydrogen-bond donors (Lipinski definition) is 0. The van der Waals surface area contributed by atoms with Gasteiger partial charge in [-0.05, 0) is 133 Å². The smallest absolute Gasteiger partial charge is 0.128 e. The van der Waals surface area contributed by atoms with E-state index in [1.807, 2.05) is 0 Å². The van der Waals surface area contributed by atoms with Gasteiger partial charge in [-0.15, -0.1) is 0 Å². The Kier molecular flexibility index (Phi) is 10.2. The summed E-state index contributed by atoms with van der Waals surface area (Å²) in [7, 11) is 0. The van der Waals surface area contributed by atoms with Crippen molar-refractivity contribution < 1.29 is 4.74 Å². The Morgan fingerprint density at radius 1 is 0.409 bits per heavy atom. The molecule has 0 radical (unpaired) electrons. The molecule has 1 heterocycles. The standard InChI is InChI=1S/C64H47NO/c1-3-11-45(12-4-1)49-23-25-52(26-24-49)61(56-32-38-60-62-41-54-17-9-10-18-55(54)42-64(62)66-63(60)43-56)39-44-19-21-48(22-20-44)51-29-35-58(36-30-51)65(59-37-31-47-15-7-8-16-53(47)40-59)57-33-27-50(28-34-57)46-13-5-2-6-14-46/h1-38,40-43,60-61,63H,39H2. The number of benzene rings is 10. The quantitative estimate of drug-likeness (QED) is 0.136. The van der Waals surface area contributed by atoms with Gasteiger partial charge < -0.3 is 9.64 Å². The fourth-order valence-corrected chi connectivity index (χ4v) is 10.1. The number of ether oxygens (including phenoxy) is 1. The van der Waals surface area contributed by atoms with Crippen LogP contribution in [0.15, 0.2) is 260 Å². The van der Waals surface area contributed by atoms with Crippen molar-refractivity contribution in [1.29, 1.82) is 0 Å². The van der Waals surface area contributed by atoms with Crippen LogP contribution >= 0.6 is 0 Å². The summed E-state index contributed by atoms with van der Waals surface area (Å²) in [5, 5.41) is 4.92. The molecule has 3 unspecified atom stereocenters. The van der Waals surface area contributed by atoms with Crippen LogP contribution in [0.25, 0.3) is 54.9 Å². The van der Waals surface area contributed by atoms with Crippen molar-refractivity contribution in [2.24, 2.45) is 0 Å². The minimum absolute atomic E-state index is 0.0286. The van der Waals surface area contributed by atoms with Crippen molar-refractivity contribution in [2.75, 3.05) is 4.90 Å². The monoisotopic (exact) mass is 845 g/mol. The molecule has 0 fully saturated rings. The summed E-state index contributed by atoms with van der Waals surface area (Å²) in [5.74, 6) is 1.36. The highest BCUT2D eigenvalue weighted by Crippen LogP contribution is 2.46. The van der Waals surface area contributed by atoms with E-state index in [4.69, 9.17) is 4.74 Å². The molecule has 0 bridgehead atoms. The normalized spacial score (nSPS) is 15.4. The van der Waals surface area contributed by atoms with Gasteiger partial charge in [0.05, 0.1) is 0 Å². The summed E-state index contributed by atoms with van der Waals surface area (Å²) in [6.45, 7) is 0. The van der Waals surface area contributed by atoms with Gasteiger partial charge in [0.2, 0.25) is 0 Å². The van der Waals surface area contributed by atoms with E-state index in [0.717, 1.165) is 29.2 Å². The first-order valence-corrected chi connectivity index (χ1v) is 23.1. The minimum Gasteiger partial charge on any atom is -0.485 e. The molecule has 12 rings (SSSR count). The molecule has 66 heavy (non-hydrogen) atoms. The molecule has 0 saturated heterocycles. The van der Waals surface area contributed by atoms with Crippen LogP contribution in [-0.2, 0) is 6.42 Å². The van der Waals surface area contributed by atoms with Crippen LogP contribution in [0.2, 0.25) is 0 Å². The maximum atomic E-state index is 6.71. The van der Waals surface area contributed by atoms with Gasteiger partial charge in [0, 0.05) is 34.5 Å². The molecule has 2 heteroatoms. The zero-order chi connectivity index (χ0) is 43.8. The van der Waals surface area contributed by atoms with E-state index in [1.165, 1.54) is 77.2 Å². The van der Waals surface area contributed by atoms with Crippen LogP contribution in [0, 0.1) is 0 Å². The van der Waals surface area contributed by atoms with Crippen LogP contribution in [0.1, 0.15) is 28.5 Å². The Balaban J connectivity index is 0.832. The third kappa shape index (κ3) is 7.67. The number of hydrogen-bond acceptors (Lipinski definition) is 2. The van der Waals surface area contributed by atoms with Crippen molar-refractivity contribution in [1.82, 2.24) is 0 Å². The van der Waals surface area contributed by atoms with Crippen LogP contribution in [0.3, 0.4) is 0 Å². The van der Waals surface area contributed by atoms with Crippen molar-refractivity contribution in [3.8, 4) is 39.1 Å². The summed E-state index contributed by atoms with van der Waals surface area (Å²) in [4.78, 5) is 2.36. The summed E-state index contributed by atoms with van der Waals surface area (Å²) in [6, 6.07) is 85.9. The largest absolute Gasteiger partial charge is 0.485 e. The zero-order valence-corrected chi connectivity index (χ0v) is 36.5. The molecule has 10 aromatic rings. The van der Waals surface area contributed by atoms with Crippen LogP contribution in [0.4, 0.5) is 17.1 Å². The van der Waals surface area contributed by atoms with Gasteiger partial charge in [-0.2, -0.15) is 0 Å². The van der Waals surface area contributed by atoms with E-state index < -0.39 is 0 Å². The van der Waals surface area contributed by atoms with Crippen molar-refractivity contribution in [3.05, 3.63) is 277 Å². The van der Waals surface area contributed by atoms with E-state index in [0.29, 0.717) is 0 Å². The predicted octanol–water partition coefficient (Wildman–Crippen LogP) is 16.8. The molecule has 2 nitrogen and oxygen atoms in total. The molecule has 0 spiro atoms. The molecule has 314 valence electrons. The second-order valence-electron chi connectivity index (χ2n) is 17.6. The summed E-state index contributed by atoms with van der Waals surface area (Å²) < 4.78 is 6.71. The third-order valence-electron chi connectivity index (χ3n) is 13.6. The molecular formula is C64H47NO. The van der Waals surface area contributed by atoms with Gasteiger partial charge >= 0.3 is 0 Å². The number of allylic oxidation sites excluding steroid dienone is 2. The average molecular weight is 846 g/mol. The number of anilines is 3. The Hall–Kier alpha value is -8.20. The Labute approximate surface area is 387 Å². The molecule has 0 saturated carbocycles. The van der Waals surface area contributed by atoms with E-state index in [-0.39, 0.29) is 17.9 Å². The van der Waals surface area contributed by atoms with Crippen LogP contribution < -0.4 is 9.64 Å². The van der Waals surface area contributed by atoms with Gasteiger partial charge in [-0.3, -0.25) is 0 Å². The van der Waals surface area contributed by atoms with Crippen molar-refractivity contribution in [2.45, 2.75) is 24.4 Å². The topological polar surface area (TPSA) is 12.5 Å². The number of fused-ring (bicyclic) bond motifs is 5. The maximum Gasteiger partial charge on any atom is 0.128 e. The van der Waals surface area contributed by atoms with Crippen LogP contribution in [0.5, 0.6) is 5.75 Å². The van der Waals surface area contributed by atoms with Gasteiger partial charge in [-0.25, -0.2) is 0 Å². The Morgan fingerprint density at radius 3 is 1.47 bits per heavy atom. The van der Waals surface area contributed by atoms with Gasteiger partial charge in [0.25, 0.3) is 0 Å². The molecule has 0 amide bonds. The summed E-state index contributed by atoms with van der Waals surface area (Å²) >= 11 is 0. The molecule has 0 N–H and O–H groups in total. The molecule has 1 aliphatic carbocycles. The molecule has 0 aromatic heterocycles. The lowest BCUT2D eigenvalue weighted by atomic mass is 9.79. The second-order valence-corrected chi connectivity index (χ2v) is 17.6. The van der Waals surface area contributed by atoms with E-state index >= 15 is 0 Å². The van der Waals surface area contributed by atoms with Crippen molar-refractivity contribution >= 4 is 38.6 Å². The average Bonchev–Trinajstić information content (AvgIpc) is 3.75. The molecule has 3 atom stereocenters. The molecule has 2 aliphatic rings. The lowest BCUT2D eigenvalue weighted by Gasteiger charge is -2.26. The first kappa shape index (κ1) is 39.4. The van der Waals surface area contributed by atoms with Crippen molar-refractivity contribution in [3.63, 3.8) is 0 Å². The van der Waals surface area contributed by atoms with E-state index in [2.05, 4.69) is 260 Å². The van der Waals surface area contributed by atoms with E-state index in [1.54, 1.807) is 0 Å². The lowest BCUT2D eigenvalue weighted by molar-refractivity contribution is 0.267. The highest BCUT2D eigenvalue weighted by atomic mass is 16.5. The molecular weight excluding hydrogens is 799 g/mol.